The Morgan fingerprint density at radius 3 is 2.56 bits per heavy atom. The molecule has 0 aliphatic heterocycles. The lowest BCUT2D eigenvalue weighted by Gasteiger charge is -2.26. The zero-order valence-electron chi connectivity index (χ0n) is 10.6. The molecule has 0 saturated heterocycles. The van der Waals surface area contributed by atoms with E-state index in [1.165, 1.54) is 0 Å². The number of aliphatic hydroxyl groups is 1. The van der Waals surface area contributed by atoms with E-state index in [1.54, 1.807) is 6.20 Å². The average molecular weight is 223 g/mol. The van der Waals surface area contributed by atoms with Gasteiger partial charge in [0.1, 0.15) is 0 Å². The SMILES string of the molecule is CCCN(c1ncc(CO)c(C)n1)C(C)C. The highest BCUT2D eigenvalue weighted by Gasteiger charge is 2.13. The Hall–Kier alpha value is -1.16. The first-order valence-electron chi connectivity index (χ1n) is 5.80. The molecule has 1 rings (SSSR count). The van der Waals surface area contributed by atoms with Crippen molar-refractivity contribution in [1.82, 2.24) is 9.97 Å². The van der Waals surface area contributed by atoms with Gasteiger partial charge in [0.15, 0.2) is 0 Å². The summed E-state index contributed by atoms with van der Waals surface area (Å²) < 4.78 is 0. The van der Waals surface area contributed by atoms with Crippen molar-refractivity contribution in [2.24, 2.45) is 0 Å². The first kappa shape index (κ1) is 12.9. The molecule has 1 N–H and O–H groups in total. The van der Waals surface area contributed by atoms with Crippen molar-refractivity contribution in [3.05, 3.63) is 17.5 Å². The maximum absolute atomic E-state index is 9.07. The summed E-state index contributed by atoms with van der Waals surface area (Å²) in [5.41, 5.74) is 1.65. The van der Waals surface area contributed by atoms with Gasteiger partial charge in [0.05, 0.1) is 6.61 Å². The molecule has 0 bridgehead atoms. The van der Waals surface area contributed by atoms with E-state index in [2.05, 4.69) is 35.6 Å². The first-order valence-corrected chi connectivity index (χ1v) is 5.80. The number of aryl methyl sites for hydroxylation is 1. The second-order valence-electron chi connectivity index (χ2n) is 4.23. The van der Waals surface area contributed by atoms with Crippen molar-refractivity contribution in [3.8, 4) is 0 Å². The third-order valence-electron chi connectivity index (χ3n) is 2.58. The van der Waals surface area contributed by atoms with E-state index in [9.17, 15) is 0 Å². The van der Waals surface area contributed by atoms with Gasteiger partial charge in [0.25, 0.3) is 0 Å². The minimum atomic E-state index is 0.00156. The molecule has 0 spiro atoms. The molecule has 0 aliphatic rings. The molecular formula is C12H21N3O. The summed E-state index contributed by atoms with van der Waals surface area (Å²) >= 11 is 0. The molecular weight excluding hydrogens is 202 g/mol. The van der Waals surface area contributed by atoms with E-state index in [0.29, 0.717) is 6.04 Å². The normalized spacial score (nSPS) is 10.9. The lowest BCUT2D eigenvalue weighted by atomic mass is 10.2. The largest absolute Gasteiger partial charge is 0.392 e. The molecule has 4 nitrogen and oxygen atoms in total. The fourth-order valence-corrected chi connectivity index (χ4v) is 1.60. The summed E-state index contributed by atoms with van der Waals surface area (Å²) in [5.74, 6) is 0.756. The van der Waals surface area contributed by atoms with Crippen LogP contribution in [-0.2, 0) is 6.61 Å². The highest BCUT2D eigenvalue weighted by atomic mass is 16.3. The van der Waals surface area contributed by atoms with E-state index in [1.807, 2.05) is 6.92 Å². The maximum Gasteiger partial charge on any atom is 0.225 e. The van der Waals surface area contributed by atoms with Crippen molar-refractivity contribution in [1.29, 1.82) is 0 Å². The third-order valence-corrected chi connectivity index (χ3v) is 2.58. The molecule has 0 amide bonds. The van der Waals surface area contributed by atoms with Gasteiger partial charge in [0.2, 0.25) is 5.95 Å². The smallest absolute Gasteiger partial charge is 0.225 e. The number of hydrogen-bond donors (Lipinski definition) is 1. The fourth-order valence-electron chi connectivity index (χ4n) is 1.60. The van der Waals surface area contributed by atoms with Crippen molar-refractivity contribution < 1.29 is 5.11 Å². The van der Waals surface area contributed by atoms with Crippen molar-refractivity contribution in [3.63, 3.8) is 0 Å². The Kier molecular flexibility index (Phi) is 4.68. The van der Waals surface area contributed by atoms with E-state index in [0.717, 1.165) is 30.2 Å². The van der Waals surface area contributed by atoms with Crippen LogP contribution in [-0.4, -0.2) is 27.7 Å². The van der Waals surface area contributed by atoms with Crippen LogP contribution in [0.1, 0.15) is 38.4 Å². The van der Waals surface area contributed by atoms with E-state index in [4.69, 9.17) is 5.11 Å². The highest BCUT2D eigenvalue weighted by molar-refractivity contribution is 5.33. The predicted octanol–water partition coefficient (Wildman–Crippen LogP) is 1.90. The lowest BCUT2D eigenvalue weighted by Crippen LogP contribution is -2.33. The van der Waals surface area contributed by atoms with Crippen LogP contribution in [0.5, 0.6) is 0 Å². The number of rotatable bonds is 5. The van der Waals surface area contributed by atoms with Crippen LogP contribution in [0.2, 0.25) is 0 Å². The van der Waals surface area contributed by atoms with Crippen molar-refractivity contribution in [2.45, 2.75) is 46.8 Å². The van der Waals surface area contributed by atoms with Gasteiger partial charge in [-0.25, -0.2) is 9.97 Å². The summed E-state index contributed by atoms with van der Waals surface area (Å²) in [6.07, 6.45) is 2.78. The van der Waals surface area contributed by atoms with Crippen molar-refractivity contribution >= 4 is 5.95 Å². The number of nitrogens with zero attached hydrogens (tertiary/aromatic N) is 3. The molecule has 4 heteroatoms. The molecule has 0 unspecified atom stereocenters. The summed E-state index contributed by atoms with van der Waals surface area (Å²) in [6, 6.07) is 0.388. The first-order chi connectivity index (χ1) is 7.60. The van der Waals surface area contributed by atoms with Gasteiger partial charge in [-0.1, -0.05) is 6.92 Å². The summed E-state index contributed by atoms with van der Waals surface area (Å²) in [7, 11) is 0. The Morgan fingerprint density at radius 2 is 2.12 bits per heavy atom. The Balaban J connectivity index is 2.97. The molecule has 0 fully saturated rings. The van der Waals surface area contributed by atoms with Crippen LogP contribution < -0.4 is 4.90 Å². The molecule has 0 radical (unpaired) electrons. The second kappa shape index (κ2) is 5.80. The van der Waals surface area contributed by atoms with Crippen LogP contribution in [0.25, 0.3) is 0 Å². The molecule has 16 heavy (non-hydrogen) atoms. The molecule has 0 aliphatic carbocycles. The van der Waals surface area contributed by atoms with Gasteiger partial charge in [0, 0.05) is 30.0 Å². The topological polar surface area (TPSA) is 49.2 Å². The third kappa shape index (κ3) is 2.92. The van der Waals surface area contributed by atoms with E-state index < -0.39 is 0 Å². The minimum Gasteiger partial charge on any atom is -0.392 e. The minimum absolute atomic E-state index is 0.00156. The zero-order chi connectivity index (χ0) is 12.1. The van der Waals surface area contributed by atoms with Gasteiger partial charge in [-0.3, -0.25) is 0 Å². The molecule has 1 aromatic rings. The van der Waals surface area contributed by atoms with Crippen LogP contribution in [0, 0.1) is 6.92 Å². The number of hydrogen-bond acceptors (Lipinski definition) is 4. The van der Waals surface area contributed by atoms with Crippen LogP contribution >= 0.6 is 0 Å². The molecule has 0 saturated carbocycles. The zero-order valence-corrected chi connectivity index (χ0v) is 10.6. The van der Waals surface area contributed by atoms with Crippen molar-refractivity contribution in [2.75, 3.05) is 11.4 Å². The summed E-state index contributed by atoms with van der Waals surface area (Å²) in [5, 5.41) is 9.07. The molecule has 0 atom stereocenters. The van der Waals surface area contributed by atoms with Gasteiger partial charge < -0.3 is 10.0 Å². The molecule has 90 valence electrons. The fraction of sp³-hybridized carbons (Fsp3) is 0.667. The lowest BCUT2D eigenvalue weighted by molar-refractivity contribution is 0.280. The maximum atomic E-state index is 9.07. The van der Waals surface area contributed by atoms with E-state index in [-0.39, 0.29) is 6.61 Å². The predicted molar refractivity (Wildman–Crippen MR) is 65.5 cm³/mol. The monoisotopic (exact) mass is 223 g/mol. The Morgan fingerprint density at radius 1 is 1.44 bits per heavy atom. The average Bonchev–Trinajstić information content (AvgIpc) is 2.25. The van der Waals surface area contributed by atoms with Gasteiger partial charge in [-0.05, 0) is 27.2 Å². The Bertz CT molecular complexity index is 339. The molecule has 0 aromatic carbocycles. The van der Waals surface area contributed by atoms with E-state index >= 15 is 0 Å². The number of aromatic nitrogens is 2. The van der Waals surface area contributed by atoms with Crippen LogP contribution in [0.3, 0.4) is 0 Å². The van der Waals surface area contributed by atoms with Gasteiger partial charge >= 0.3 is 0 Å². The quantitative estimate of drug-likeness (QED) is 0.828. The molecule has 1 heterocycles. The number of aliphatic hydroxyl groups excluding tert-OH is 1. The molecule has 1 aromatic heterocycles. The second-order valence-corrected chi connectivity index (χ2v) is 4.23. The van der Waals surface area contributed by atoms with Crippen LogP contribution in [0.15, 0.2) is 6.20 Å². The highest BCUT2D eigenvalue weighted by Crippen LogP contribution is 2.14. The number of anilines is 1. The van der Waals surface area contributed by atoms with Crippen LogP contribution in [0.4, 0.5) is 5.95 Å². The Labute approximate surface area is 97.3 Å². The summed E-state index contributed by atoms with van der Waals surface area (Å²) in [6.45, 7) is 9.27. The van der Waals surface area contributed by atoms with Gasteiger partial charge in [-0.2, -0.15) is 0 Å². The summed E-state index contributed by atoms with van der Waals surface area (Å²) in [4.78, 5) is 10.9. The van der Waals surface area contributed by atoms with Gasteiger partial charge in [-0.15, -0.1) is 0 Å². The standard InChI is InChI=1S/C12H21N3O/c1-5-6-15(9(2)3)12-13-7-11(8-16)10(4)14-12/h7,9,16H,5-6,8H2,1-4H3.